The summed E-state index contributed by atoms with van der Waals surface area (Å²) in [5.41, 5.74) is 9.56. The molecule has 0 bridgehead atoms. The first kappa shape index (κ1) is 15.0. The summed E-state index contributed by atoms with van der Waals surface area (Å²) in [6.45, 7) is 3.67. The number of hydrogen-bond donors (Lipinski definition) is 1. The zero-order valence-corrected chi connectivity index (χ0v) is 12.8. The van der Waals surface area contributed by atoms with Crippen molar-refractivity contribution in [2.75, 3.05) is 7.05 Å². The van der Waals surface area contributed by atoms with Gasteiger partial charge in [0.15, 0.2) is 0 Å². The Bertz CT molecular complexity index is 551. The van der Waals surface area contributed by atoms with Crippen LogP contribution in [0, 0.1) is 0 Å². The maximum absolute atomic E-state index is 5.94. The third-order valence-electron chi connectivity index (χ3n) is 3.77. The summed E-state index contributed by atoms with van der Waals surface area (Å²) < 4.78 is 0. The van der Waals surface area contributed by atoms with Crippen LogP contribution in [0.25, 0.3) is 0 Å². The highest BCUT2D eigenvalue weighted by Gasteiger charge is 2.13. The number of halogens is 1. The van der Waals surface area contributed by atoms with E-state index >= 15 is 0 Å². The van der Waals surface area contributed by atoms with E-state index in [-0.39, 0.29) is 0 Å². The number of nitrogens with two attached hydrogens (primary N) is 1. The lowest BCUT2D eigenvalue weighted by Crippen LogP contribution is -2.22. The minimum atomic E-state index is 0.332. The van der Waals surface area contributed by atoms with Gasteiger partial charge in [0, 0.05) is 24.2 Å². The highest BCUT2D eigenvalue weighted by atomic mass is 35.5. The molecule has 0 saturated carbocycles. The maximum Gasteiger partial charge on any atom is 0.0406 e. The Kier molecular flexibility index (Phi) is 5.18. The molecule has 2 rings (SSSR count). The second-order valence-electron chi connectivity index (χ2n) is 5.12. The van der Waals surface area contributed by atoms with Gasteiger partial charge in [0.2, 0.25) is 0 Å². The third kappa shape index (κ3) is 3.60. The van der Waals surface area contributed by atoms with Crippen molar-refractivity contribution in [3.05, 3.63) is 70.2 Å². The van der Waals surface area contributed by atoms with Crippen molar-refractivity contribution >= 4 is 11.6 Å². The second kappa shape index (κ2) is 6.89. The van der Waals surface area contributed by atoms with E-state index < -0.39 is 0 Å². The highest BCUT2D eigenvalue weighted by Crippen LogP contribution is 2.23. The SMILES string of the molecule is CC(c1ccc(Cl)cc1)N(C)Cc1ccccc1CN. The molecule has 0 saturated heterocycles. The Morgan fingerprint density at radius 3 is 2.25 bits per heavy atom. The van der Waals surface area contributed by atoms with Crippen molar-refractivity contribution in [3.63, 3.8) is 0 Å². The molecule has 0 aliphatic rings. The first-order valence-electron chi connectivity index (χ1n) is 6.84. The molecule has 0 aliphatic heterocycles. The van der Waals surface area contributed by atoms with Crippen LogP contribution < -0.4 is 5.73 Å². The summed E-state index contributed by atoms with van der Waals surface area (Å²) in [5, 5.41) is 0.775. The van der Waals surface area contributed by atoms with Gasteiger partial charge in [0.05, 0.1) is 0 Å². The number of nitrogens with zero attached hydrogens (tertiary/aromatic N) is 1. The fourth-order valence-corrected chi connectivity index (χ4v) is 2.44. The van der Waals surface area contributed by atoms with Gasteiger partial charge in [-0.2, -0.15) is 0 Å². The average molecular weight is 289 g/mol. The van der Waals surface area contributed by atoms with Gasteiger partial charge in [-0.3, -0.25) is 4.90 Å². The number of hydrogen-bond acceptors (Lipinski definition) is 2. The molecule has 2 nitrogen and oxygen atoms in total. The van der Waals surface area contributed by atoms with E-state index in [2.05, 4.69) is 49.2 Å². The summed E-state index contributed by atoms with van der Waals surface area (Å²) in [6, 6.07) is 16.7. The van der Waals surface area contributed by atoms with E-state index in [9.17, 15) is 0 Å². The van der Waals surface area contributed by atoms with Crippen molar-refractivity contribution in [3.8, 4) is 0 Å². The van der Waals surface area contributed by atoms with E-state index in [1.54, 1.807) is 0 Å². The lowest BCUT2D eigenvalue weighted by molar-refractivity contribution is 0.252. The second-order valence-corrected chi connectivity index (χ2v) is 5.55. The maximum atomic E-state index is 5.94. The monoisotopic (exact) mass is 288 g/mol. The van der Waals surface area contributed by atoms with Gasteiger partial charge in [-0.05, 0) is 42.8 Å². The van der Waals surface area contributed by atoms with Gasteiger partial charge in [-0.15, -0.1) is 0 Å². The molecule has 2 aromatic rings. The predicted molar refractivity (Wildman–Crippen MR) is 85.7 cm³/mol. The Balaban J connectivity index is 2.11. The number of benzene rings is 2. The van der Waals surface area contributed by atoms with Gasteiger partial charge in [0.1, 0.15) is 0 Å². The number of rotatable bonds is 5. The quantitative estimate of drug-likeness (QED) is 0.901. The fraction of sp³-hybridized carbons (Fsp3) is 0.294. The molecule has 0 aromatic heterocycles. The molecule has 1 unspecified atom stereocenters. The van der Waals surface area contributed by atoms with Gasteiger partial charge < -0.3 is 5.73 Å². The van der Waals surface area contributed by atoms with E-state index in [0.717, 1.165) is 11.6 Å². The van der Waals surface area contributed by atoms with Crippen molar-refractivity contribution in [1.82, 2.24) is 4.90 Å². The van der Waals surface area contributed by atoms with Crippen molar-refractivity contribution < 1.29 is 0 Å². The van der Waals surface area contributed by atoms with Gasteiger partial charge >= 0.3 is 0 Å². The van der Waals surface area contributed by atoms with Crippen LogP contribution in [0.1, 0.15) is 29.7 Å². The molecule has 106 valence electrons. The molecule has 0 aliphatic carbocycles. The minimum absolute atomic E-state index is 0.332. The molecule has 1 atom stereocenters. The molecule has 0 amide bonds. The smallest absolute Gasteiger partial charge is 0.0406 e. The van der Waals surface area contributed by atoms with Crippen molar-refractivity contribution in [2.24, 2.45) is 5.73 Å². The van der Waals surface area contributed by atoms with E-state index in [0.29, 0.717) is 12.6 Å². The summed E-state index contributed by atoms with van der Waals surface area (Å²) in [7, 11) is 2.13. The van der Waals surface area contributed by atoms with Gasteiger partial charge in [-0.1, -0.05) is 48.0 Å². The molecule has 0 radical (unpaired) electrons. The Morgan fingerprint density at radius 1 is 1.05 bits per heavy atom. The first-order valence-corrected chi connectivity index (χ1v) is 7.22. The summed E-state index contributed by atoms with van der Waals surface area (Å²) >= 11 is 5.94. The lowest BCUT2D eigenvalue weighted by Gasteiger charge is -2.26. The van der Waals surface area contributed by atoms with Crippen LogP contribution in [0.5, 0.6) is 0 Å². The summed E-state index contributed by atoms with van der Waals surface area (Å²) in [6.07, 6.45) is 0. The van der Waals surface area contributed by atoms with Crippen LogP contribution in [0.4, 0.5) is 0 Å². The van der Waals surface area contributed by atoms with E-state index in [1.807, 2.05) is 18.2 Å². The topological polar surface area (TPSA) is 29.3 Å². The molecule has 2 aromatic carbocycles. The zero-order valence-electron chi connectivity index (χ0n) is 12.0. The summed E-state index contributed by atoms with van der Waals surface area (Å²) in [4.78, 5) is 2.32. The molecule has 0 fully saturated rings. The zero-order chi connectivity index (χ0) is 14.5. The lowest BCUT2D eigenvalue weighted by atomic mass is 10.0. The molecule has 20 heavy (non-hydrogen) atoms. The average Bonchev–Trinajstić information content (AvgIpc) is 2.48. The van der Waals surface area contributed by atoms with Crippen LogP contribution in [0.15, 0.2) is 48.5 Å². The molecular weight excluding hydrogens is 268 g/mol. The Hall–Kier alpha value is -1.35. The molecular formula is C17H21ClN2. The highest BCUT2D eigenvalue weighted by molar-refractivity contribution is 6.30. The fourth-order valence-electron chi connectivity index (χ4n) is 2.31. The molecule has 3 heteroatoms. The van der Waals surface area contributed by atoms with Crippen molar-refractivity contribution in [1.29, 1.82) is 0 Å². The normalized spacial score (nSPS) is 12.7. The molecule has 0 spiro atoms. The van der Waals surface area contributed by atoms with E-state index in [1.165, 1.54) is 16.7 Å². The van der Waals surface area contributed by atoms with Crippen LogP contribution in [0.2, 0.25) is 5.02 Å². The van der Waals surface area contributed by atoms with Crippen LogP contribution in [-0.2, 0) is 13.1 Å². The Labute approximate surface area is 126 Å². The Morgan fingerprint density at radius 2 is 1.65 bits per heavy atom. The molecule has 2 N–H and O–H groups in total. The molecule has 0 heterocycles. The largest absolute Gasteiger partial charge is 0.326 e. The van der Waals surface area contributed by atoms with Crippen molar-refractivity contribution in [2.45, 2.75) is 26.1 Å². The summed E-state index contributed by atoms with van der Waals surface area (Å²) in [5.74, 6) is 0. The van der Waals surface area contributed by atoms with Crippen LogP contribution in [0.3, 0.4) is 0 Å². The van der Waals surface area contributed by atoms with Crippen LogP contribution >= 0.6 is 11.6 Å². The van der Waals surface area contributed by atoms with E-state index in [4.69, 9.17) is 17.3 Å². The third-order valence-corrected chi connectivity index (χ3v) is 4.02. The van der Waals surface area contributed by atoms with Gasteiger partial charge in [0.25, 0.3) is 0 Å². The minimum Gasteiger partial charge on any atom is -0.326 e. The van der Waals surface area contributed by atoms with Crippen LogP contribution in [-0.4, -0.2) is 11.9 Å². The standard InChI is InChI=1S/C17H21ClN2/c1-13(14-7-9-17(18)10-8-14)20(2)12-16-6-4-3-5-15(16)11-19/h3-10,13H,11-12,19H2,1-2H3. The van der Waals surface area contributed by atoms with Gasteiger partial charge in [-0.25, -0.2) is 0 Å². The predicted octanol–water partition coefficient (Wildman–Crippen LogP) is 3.99. The first-order chi connectivity index (χ1) is 9.61.